The molecule has 1 aliphatic heterocycles. The number of halogens is 2. The third-order valence-corrected chi connectivity index (χ3v) is 6.47. The summed E-state index contributed by atoms with van der Waals surface area (Å²) in [4.78, 5) is 3.87. The molecule has 2 rings (SSSR count). The van der Waals surface area contributed by atoms with Gasteiger partial charge in [0.05, 0.1) is 9.83 Å². The van der Waals surface area contributed by atoms with Gasteiger partial charge in [-0.3, -0.25) is 4.90 Å². The van der Waals surface area contributed by atoms with Gasteiger partial charge in [-0.1, -0.05) is 6.92 Å². The van der Waals surface area contributed by atoms with Crippen LogP contribution in [-0.2, 0) is 0 Å². The monoisotopic (exact) mass is 366 g/mol. The number of rotatable bonds is 3. The molecule has 2 heterocycles. The van der Waals surface area contributed by atoms with E-state index in [0.717, 1.165) is 14.2 Å². The fraction of sp³-hybridized carbons (Fsp3) is 0.636. The molecule has 0 radical (unpaired) electrons. The van der Waals surface area contributed by atoms with Gasteiger partial charge in [-0.25, -0.2) is 0 Å². The van der Waals surface area contributed by atoms with Crippen molar-refractivity contribution in [2.75, 3.05) is 19.6 Å². The lowest BCUT2D eigenvalue weighted by atomic mass is 10.2. The Labute approximate surface area is 117 Å². The zero-order chi connectivity index (χ0) is 11.7. The molecule has 0 saturated carbocycles. The highest BCUT2D eigenvalue weighted by molar-refractivity contribution is 9.13. The molecule has 0 spiro atoms. The van der Waals surface area contributed by atoms with Crippen molar-refractivity contribution in [3.8, 4) is 0 Å². The van der Waals surface area contributed by atoms with Crippen molar-refractivity contribution in [2.45, 2.75) is 19.4 Å². The summed E-state index contributed by atoms with van der Waals surface area (Å²) in [5, 5.41) is 0. The van der Waals surface area contributed by atoms with Crippen LogP contribution in [0.4, 0.5) is 0 Å². The molecule has 1 aromatic heterocycles. The second-order valence-electron chi connectivity index (χ2n) is 4.41. The largest absolute Gasteiger partial charge is 0.329 e. The van der Waals surface area contributed by atoms with Crippen LogP contribution in [0.15, 0.2) is 14.3 Å². The SMILES string of the molecule is CC1CCN(C(CN)c2cc(Br)c(Br)s2)C1. The van der Waals surface area contributed by atoms with Crippen LogP contribution < -0.4 is 5.73 Å². The van der Waals surface area contributed by atoms with Crippen molar-refractivity contribution in [1.82, 2.24) is 4.90 Å². The topological polar surface area (TPSA) is 29.3 Å². The number of hydrogen-bond acceptors (Lipinski definition) is 3. The normalized spacial score (nSPS) is 23.9. The lowest BCUT2D eigenvalue weighted by Gasteiger charge is -2.25. The Morgan fingerprint density at radius 1 is 1.62 bits per heavy atom. The molecule has 1 aliphatic rings. The highest BCUT2D eigenvalue weighted by Crippen LogP contribution is 2.38. The van der Waals surface area contributed by atoms with E-state index < -0.39 is 0 Å². The molecule has 0 aromatic carbocycles. The molecule has 1 saturated heterocycles. The Balaban J connectivity index is 2.16. The predicted molar refractivity (Wildman–Crippen MR) is 76.9 cm³/mol. The van der Waals surface area contributed by atoms with Crippen molar-refractivity contribution in [1.29, 1.82) is 0 Å². The summed E-state index contributed by atoms with van der Waals surface area (Å²) in [6.07, 6.45) is 1.30. The third kappa shape index (κ3) is 2.70. The van der Waals surface area contributed by atoms with Gasteiger partial charge in [0.2, 0.25) is 0 Å². The standard InChI is InChI=1S/C11H16Br2N2S/c1-7-2-3-15(6-7)9(5-14)10-4-8(12)11(13)16-10/h4,7,9H,2-3,5-6,14H2,1H3. The molecule has 5 heteroatoms. The number of nitrogens with two attached hydrogens (primary N) is 1. The van der Waals surface area contributed by atoms with E-state index in [9.17, 15) is 0 Å². The first-order valence-corrected chi connectivity index (χ1v) is 7.91. The van der Waals surface area contributed by atoms with Crippen molar-refractivity contribution < 1.29 is 0 Å². The fourth-order valence-corrected chi connectivity index (χ4v) is 4.46. The Morgan fingerprint density at radius 3 is 2.81 bits per heavy atom. The smallest absolute Gasteiger partial charge is 0.0843 e. The van der Waals surface area contributed by atoms with Crippen molar-refractivity contribution >= 4 is 43.2 Å². The van der Waals surface area contributed by atoms with Crippen molar-refractivity contribution in [3.05, 3.63) is 19.2 Å². The lowest BCUT2D eigenvalue weighted by molar-refractivity contribution is 0.247. The lowest BCUT2D eigenvalue weighted by Crippen LogP contribution is -2.31. The van der Waals surface area contributed by atoms with Crippen LogP contribution in [0.5, 0.6) is 0 Å². The third-order valence-electron chi connectivity index (χ3n) is 3.11. The maximum Gasteiger partial charge on any atom is 0.0843 e. The first-order chi connectivity index (χ1) is 7.61. The molecule has 0 aliphatic carbocycles. The van der Waals surface area contributed by atoms with Crippen molar-refractivity contribution in [2.24, 2.45) is 11.7 Å². The molecule has 2 unspecified atom stereocenters. The van der Waals surface area contributed by atoms with E-state index in [1.54, 1.807) is 11.3 Å². The summed E-state index contributed by atoms with van der Waals surface area (Å²) < 4.78 is 2.30. The summed E-state index contributed by atoms with van der Waals surface area (Å²) in [5.74, 6) is 0.806. The predicted octanol–water partition coefficient (Wildman–Crippen LogP) is 3.61. The Hall–Kier alpha value is 0.580. The minimum atomic E-state index is 0.387. The minimum absolute atomic E-state index is 0.387. The number of likely N-dealkylation sites (tertiary alicyclic amines) is 1. The van der Waals surface area contributed by atoms with Crippen LogP contribution in [0.1, 0.15) is 24.3 Å². The number of hydrogen-bond donors (Lipinski definition) is 1. The Morgan fingerprint density at radius 2 is 2.38 bits per heavy atom. The molecule has 2 N–H and O–H groups in total. The fourth-order valence-electron chi connectivity index (χ4n) is 2.22. The maximum absolute atomic E-state index is 5.92. The van der Waals surface area contributed by atoms with E-state index in [4.69, 9.17) is 5.73 Å². The van der Waals surface area contributed by atoms with Crippen LogP contribution in [-0.4, -0.2) is 24.5 Å². The minimum Gasteiger partial charge on any atom is -0.329 e. The molecule has 1 fully saturated rings. The van der Waals surface area contributed by atoms with Gasteiger partial charge >= 0.3 is 0 Å². The summed E-state index contributed by atoms with van der Waals surface area (Å²) >= 11 is 8.87. The van der Waals surface area contributed by atoms with E-state index in [2.05, 4.69) is 49.7 Å². The van der Waals surface area contributed by atoms with Crippen molar-refractivity contribution in [3.63, 3.8) is 0 Å². The molecule has 90 valence electrons. The van der Waals surface area contributed by atoms with E-state index >= 15 is 0 Å². The van der Waals surface area contributed by atoms with Crippen LogP contribution in [0.25, 0.3) is 0 Å². The average molecular weight is 368 g/mol. The number of thiophene rings is 1. The van der Waals surface area contributed by atoms with Gasteiger partial charge in [0.25, 0.3) is 0 Å². The van der Waals surface area contributed by atoms with Crippen LogP contribution in [0, 0.1) is 5.92 Å². The zero-order valence-electron chi connectivity index (χ0n) is 9.25. The summed E-state index contributed by atoms with van der Waals surface area (Å²) in [5.41, 5.74) is 5.92. The van der Waals surface area contributed by atoms with Gasteiger partial charge in [-0.2, -0.15) is 0 Å². The van der Waals surface area contributed by atoms with Crippen LogP contribution >= 0.6 is 43.2 Å². The second-order valence-corrected chi connectivity index (χ2v) is 7.67. The quantitative estimate of drug-likeness (QED) is 0.883. The molecule has 2 atom stereocenters. The first kappa shape index (κ1) is 13.0. The zero-order valence-corrected chi connectivity index (χ0v) is 13.2. The van der Waals surface area contributed by atoms with E-state index in [-0.39, 0.29) is 0 Å². The molecule has 0 amide bonds. The van der Waals surface area contributed by atoms with Gasteiger partial charge in [0.15, 0.2) is 0 Å². The van der Waals surface area contributed by atoms with Gasteiger partial charge < -0.3 is 5.73 Å². The highest BCUT2D eigenvalue weighted by Gasteiger charge is 2.27. The van der Waals surface area contributed by atoms with Crippen LogP contribution in [0.3, 0.4) is 0 Å². The van der Waals surface area contributed by atoms with Gasteiger partial charge in [0, 0.05) is 22.4 Å². The maximum atomic E-state index is 5.92. The molecule has 1 aromatic rings. The highest BCUT2D eigenvalue weighted by atomic mass is 79.9. The van der Waals surface area contributed by atoms with Gasteiger partial charge in [0.1, 0.15) is 0 Å². The second kappa shape index (κ2) is 5.48. The van der Waals surface area contributed by atoms with Gasteiger partial charge in [-0.05, 0) is 56.8 Å². The molecule has 2 nitrogen and oxygen atoms in total. The first-order valence-electron chi connectivity index (χ1n) is 5.50. The summed E-state index contributed by atoms with van der Waals surface area (Å²) in [6, 6.07) is 2.58. The Bertz CT molecular complexity index is 347. The summed E-state index contributed by atoms with van der Waals surface area (Å²) in [7, 11) is 0. The van der Waals surface area contributed by atoms with Gasteiger partial charge in [-0.15, -0.1) is 11.3 Å². The Kier molecular flexibility index (Phi) is 4.46. The molecular weight excluding hydrogens is 352 g/mol. The average Bonchev–Trinajstić information content (AvgIpc) is 2.77. The summed E-state index contributed by atoms with van der Waals surface area (Å²) in [6.45, 7) is 5.37. The molecule has 16 heavy (non-hydrogen) atoms. The number of nitrogens with zero attached hydrogens (tertiary/aromatic N) is 1. The molecule has 0 bridgehead atoms. The van der Waals surface area contributed by atoms with E-state index in [0.29, 0.717) is 12.6 Å². The van der Waals surface area contributed by atoms with E-state index in [1.165, 1.54) is 24.4 Å². The molecular formula is C11H16Br2N2S. The van der Waals surface area contributed by atoms with Crippen LogP contribution in [0.2, 0.25) is 0 Å². The van der Waals surface area contributed by atoms with E-state index in [1.807, 2.05) is 0 Å².